The largest absolute Gasteiger partial charge is 0.493 e. The minimum Gasteiger partial charge on any atom is -0.493 e. The van der Waals surface area contributed by atoms with Gasteiger partial charge in [0.2, 0.25) is 5.91 Å². The summed E-state index contributed by atoms with van der Waals surface area (Å²) in [6.45, 7) is 3.75. The first-order valence-corrected chi connectivity index (χ1v) is 9.95. The maximum absolute atomic E-state index is 12.5. The molecule has 0 saturated heterocycles. The Kier molecular flexibility index (Phi) is 6.74. The number of aromatic nitrogens is 2. The van der Waals surface area contributed by atoms with E-state index in [0.29, 0.717) is 43.4 Å². The van der Waals surface area contributed by atoms with Gasteiger partial charge in [0, 0.05) is 37.7 Å². The molecule has 8 nitrogen and oxygen atoms in total. The lowest BCUT2D eigenvalue weighted by Crippen LogP contribution is -2.29. The first-order chi connectivity index (χ1) is 14.1. The van der Waals surface area contributed by atoms with E-state index < -0.39 is 0 Å². The molecule has 156 valence electrons. The van der Waals surface area contributed by atoms with E-state index in [9.17, 15) is 9.59 Å². The Labute approximate surface area is 170 Å². The first kappa shape index (κ1) is 20.7. The average Bonchev–Trinajstić information content (AvgIpc) is 2.74. The number of carbonyl (C=O) groups is 1. The van der Waals surface area contributed by atoms with Crippen molar-refractivity contribution in [2.24, 2.45) is 0 Å². The van der Waals surface area contributed by atoms with Crippen molar-refractivity contribution in [3.05, 3.63) is 34.2 Å². The standard InChI is InChI=1S/C21H28N4O4/c1-4-20(26)23-9-6-5-8-22-19-13-16-15-12-18(29-3)17(28-2)11-14(15)7-10-25(16)21(27)24-19/h11-13H,4-10H2,1-3H3,(H,23,26)(H,22,24,27). The van der Waals surface area contributed by atoms with Crippen LogP contribution in [-0.2, 0) is 17.8 Å². The normalized spacial score (nSPS) is 12.0. The number of nitrogens with one attached hydrogen (secondary N) is 2. The molecule has 29 heavy (non-hydrogen) atoms. The summed E-state index contributed by atoms with van der Waals surface area (Å²) >= 11 is 0. The van der Waals surface area contributed by atoms with Crippen LogP contribution >= 0.6 is 0 Å². The number of unbranched alkanes of at least 4 members (excludes halogenated alkanes) is 1. The highest BCUT2D eigenvalue weighted by molar-refractivity contribution is 5.75. The Hall–Kier alpha value is -3.03. The van der Waals surface area contributed by atoms with Crippen LogP contribution in [0, 0.1) is 0 Å². The summed E-state index contributed by atoms with van der Waals surface area (Å²) in [7, 11) is 3.22. The molecule has 1 aromatic carbocycles. The van der Waals surface area contributed by atoms with E-state index in [4.69, 9.17) is 9.47 Å². The Morgan fingerprint density at radius 1 is 1.14 bits per heavy atom. The van der Waals surface area contributed by atoms with Gasteiger partial charge in [0.15, 0.2) is 11.5 Å². The molecular formula is C21H28N4O4. The van der Waals surface area contributed by atoms with Crippen molar-refractivity contribution in [1.29, 1.82) is 0 Å². The Morgan fingerprint density at radius 2 is 1.86 bits per heavy atom. The first-order valence-electron chi connectivity index (χ1n) is 9.95. The van der Waals surface area contributed by atoms with Crippen molar-refractivity contribution in [2.75, 3.05) is 32.6 Å². The molecule has 0 radical (unpaired) electrons. The molecule has 2 N–H and O–H groups in total. The summed E-state index contributed by atoms with van der Waals surface area (Å²) in [5, 5.41) is 6.08. The topological polar surface area (TPSA) is 94.5 Å². The summed E-state index contributed by atoms with van der Waals surface area (Å²) < 4.78 is 12.5. The molecule has 2 aromatic rings. The van der Waals surface area contributed by atoms with Gasteiger partial charge in [0.05, 0.1) is 19.9 Å². The number of ether oxygens (including phenoxy) is 2. The molecule has 0 bridgehead atoms. The van der Waals surface area contributed by atoms with Crippen molar-refractivity contribution < 1.29 is 14.3 Å². The molecule has 0 spiro atoms. The minimum atomic E-state index is -0.263. The van der Waals surface area contributed by atoms with Gasteiger partial charge in [0.25, 0.3) is 0 Å². The lowest BCUT2D eigenvalue weighted by atomic mass is 9.97. The van der Waals surface area contributed by atoms with Gasteiger partial charge in [-0.1, -0.05) is 6.92 Å². The third-order valence-electron chi connectivity index (χ3n) is 5.05. The lowest BCUT2D eigenvalue weighted by molar-refractivity contribution is -0.120. The maximum Gasteiger partial charge on any atom is 0.349 e. The van der Waals surface area contributed by atoms with Crippen molar-refractivity contribution in [3.8, 4) is 22.8 Å². The predicted molar refractivity (Wildman–Crippen MR) is 112 cm³/mol. The molecule has 3 rings (SSSR count). The van der Waals surface area contributed by atoms with Gasteiger partial charge >= 0.3 is 5.69 Å². The second-order valence-corrected chi connectivity index (χ2v) is 6.91. The predicted octanol–water partition coefficient (Wildman–Crippen LogP) is 2.20. The molecule has 2 heterocycles. The number of nitrogens with zero attached hydrogens (tertiary/aromatic N) is 2. The molecule has 0 saturated carbocycles. The SMILES string of the molecule is CCC(=O)NCCCCNc1cc2n(c(=O)n1)CCc1cc(OC)c(OC)cc1-2. The van der Waals surface area contributed by atoms with E-state index in [1.807, 2.05) is 25.1 Å². The Balaban J connectivity index is 1.74. The van der Waals surface area contributed by atoms with Crippen LogP contribution < -0.4 is 25.8 Å². The van der Waals surface area contributed by atoms with Gasteiger partial charge in [-0.2, -0.15) is 4.98 Å². The zero-order valence-electron chi connectivity index (χ0n) is 17.2. The summed E-state index contributed by atoms with van der Waals surface area (Å²) in [4.78, 5) is 27.9. The van der Waals surface area contributed by atoms with Crippen molar-refractivity contribution in [2.45, 2.75) is 39.2 Å². The molecule has 1 amide bonds. The van der Waals surface area contributed by atoms with Gasteiger partial charge in [-0.15, -0.1) is 0 Å². The smallest absolute Gasteiger partial charge is 0.349 e. The average molecular weight is 400 g/mol. The summed E-state index contributed by atoms with van der Waals surface area (Å²) in [5.74, 6) is 1.94. The van der Waals surface area contributed by atoms with Crippen LogP contribution in [0.4, 0.5) is 5.82 Å². The maximum atomic E-state index is 12.5. The second kappa shape index (κ2) is 9.45. The molecule has 1 aliphatic heterocycles. The van der Waals surface area contributed by atoms with Crippen LogP contribution in [0.15, 0.2) is 23.0 Å². The zero-order chi connectivity index (χ0) is 20.8. The highest BCUT2D eigenvalue weighted by atomic mass is 16.5. The fourth-order valence-electron chi connectivity index (χ4n) is 3.45. The number of anilines is 1. The second-order valence-electron chi connectivity index (χ2n) is 6.91. The molecule has 8 heteroatoms. The molecule has 0 unspecified atom stereocenters. The van der Waals surface area contributed by atoms with Gasteiger partial charge < -0.3 is 20.1 Å². The van der Waals surface area contributed by atoms with E-state index in [1.165, 1.54) is 0 Å². The Bertz CT molecular complexity index is 939. The molecule has 1 aliphatic rings. The minimum absolute atomic E-state index is 0.0630. The number of methoxy groups -OCH3 is 2. The summed E-state index contributed by atoms with van der Waals surface area (Å²) in [5.41, 5.74) is 2.63. The van der Waals surface area contributed by atoms with Gasteiger partial charge in [0.1, 0.15) is 5.82 Å². The number of hydrogen-bond acceptors (Lipinski definition) is 6. The molecule has 1 aromatic heterocycles. The number of benzene rings is 1. The van der Waals surface area contributed by atoms with Crippen molar-refractivity contribution in [3.63, 3.8) is 0 Å². The molecule has 0 atom stereocenters. The fourth-order valence-corrected chi connectivity index (χ4v) is 3.45. The van der Waals surface area contributed by atoms with Gasteiger partial charge in [-0.25, -0.2) is 4.79 Å². The number of aryl methyl sites for hydroxylation is 1. The van der Waals surface area contributed by atoms with E-state index in [1.54, 1.807) is 18.8 Å². The van der Waals surface area contributed by atoms with Crippen LogP contribution in [0.5, 0.6) is 11.5 Å². The van der Waals surface area contributed by atoms with Crippen LogP contribution in [-0.4, -0.2) is 42.8 Å². The number of fused-ring (bicyclic) bond motifs is 3. The van der Waals surface area contributed by atoms with E-state index in [-0.39, 0.29) is 11.6 Å². The number of rotatable bonds is 9. The van der Waals surface area contributed by atoms with E-state index in [0.717, 1.165) is 36.1 Å². The zero-order valence-corrected chi connectivity index (χ0v) is 17.2. The highest BCUT2D eigenvalue weighted by Crippen LogP contribution is 2.38. The van der Waals surface area contributed by atoms with E-state index in [2.05, 4.69) is 15.6 Å². The molecular weight excluding hydrogens is 372 g/mol. The van der Waals surface area contributed by atoms with Gasteiger partial charge in [-0.3, -0.25) is 9.36 Å². The van der Waals surface area contributed by atoms with E-state index >= 15 is 0 Å². The van der Waals surface area contributed by atoms with Crippen LogP contribution in [0.2, 0.25) is 0 Å². The third-order valence-corrected chi connectivity index (χ3v) is 5.05. The summed E-state index contributed by atoms with van der Waals surface area (Å²) in [6.07, 6.45) is 2.97. The number of carbonyl (C=O) groups excluding carboxylic acids is 1. The van der Waals surface area contributed by atoms with Crippen molar-refractivity contribution in [1.82, 2.24) is 14.9 Å². The quantitative estimate of drug-likeness (QED) is 0.627. The summed E-state index contributed by atoms with van der Waals surface area (Å²) in [6, 6.07) is 5.79. The van der Waals surface area contributed by atoms with Crippen LogP contribution in [0.3, 0.4) is 0 Å². The number of amides is 1. The highest BCUT2D eigenvalue weighted by Gasteiger charge is 2.21. The molecule has 0 fully saturated rings. The fraction of sp³-hybridized carbons (Fsp3) is 0.476. The molecule has 0 aliphatic carbocycles. The number of hydrogen-bond donors (Lipinski definition) is 2. The Morgan fingerprint density at radius 3 is 2.59 bits per heavy atom. The van der Waals surface area contributed by atoms with Crippen LogP contribution in [0.1, 0.15) is 31.7 Å². The van der Waals surface area contributed by atoms with Crippen molar-refractivity contribution >= 4 is 11.7 Å². The lowest BCUT2D eigenvalue weighted by Gasteiger charge is -2.23. The van der Waals surface area contributed by atoms with Crippen LogP contribution in [0.25, 0.3) is 11.3 Å². The van der Waals surface area contributed by atoms with Gasteiger partial charge in [-0.05, 0) is 37.0 Å². The monoisotopic (exact) mass is 400 g/mol. The third kappa shape index (κ3) is 4.70.